The largest absolute Gasteiger partial charge is 0.356 e. The van der Waals surface area contributed by atoms with E-state index in [-0.39, 0.29) is 6.23 Å². The van der Waals surface area contributed by atoms with Crippen LogP contribution in [0.15, 0.2) is 24.3 Å². The van der Waals surface area contributed by atoms with E-state index in [0.717, 1.165) is 19.6 Å². The average molecular weight is 230 g/mol. The van der Waals surface area contributed by atoms with Gasteiger partial charge in [-0.25, -0.2) is 10.0 Å². The Bertz CT molecular complexity index is 434. The van der Waals surface area contributed by atoms with Crippen molar-refractivity contribution < 1.29 is 4.74 Å². The molecule has 17 heavy (non-hydrogen) atoms. The van der Waals surface area contributed by atoms with Crippen LogP contribution < -0.4 is 0 Å². The van der Waals surface area contributed by atoms with Gasteiger partial charge < -0.3 is 4.74 Å². The summed E-state index contributed by atoms with van der Waals surface area (Å²) in [6, 6.07) is 9.36. The van der Waals surface area contributed by atoms with Gasteiger partial charge in [0.2, 0.25) is 0 Å². The summed E-state index contributed by atoms with van der Waals surface area (Å²) in [5.74, 6) is 0. The minimum Gasteiger partial charge on any atom is -0.356 e. The zero-order chi connectivity index (χ0) is 11.2. The summed E-state index contributed by atoms with van der Waals surface area (Å²) in [5, 5.41) is 5.02. The summed E-state index contributed by atoms with van der Waals surface area (Å²) in [5.41, 5.74) is 2.84. The zero-order valence-corrected chi connectivity index (χ0v) is 10.0. The first-order valence-electron chi connectivity index (χ1n) is 6.66. The van der Waals surface area contributed by atoms with Gasteiger partial charge in [0, 0.05) is 24.7 Å². The van der Waals surface area contributed by atoms with Crippen LogP contribution in [0.3, 0.4) is 0 Å². The van der Waals surface area contributed by atoms with Crippen molar-refractivity contribution in [3.8, 4) is 0 Å². The maximum Gasteiger partial charge on any atom is 0.149 e. The summed E-state index contributed by atoms with van der Waals surface area (Å²) in [6.07, 6.45) is 3.94. The van der Waals surface area contributed by atoms with Gasteiger partial charge in [-0.15, -0.1) is 0 Å². The molecule has 0 aromatic heterocycles. The average Bonchev–Trinajstić information content (AvgIpc) is 2.86. The van der Waals surface area contributed by atoms with E-state index in [4.69, 9.17) is 4.74 Å². The highest BCUT2D eigenvalue weighted by Gasteiger charge is 2.41. The number of rotatable bonds is 0. The molecule has 0 N–H and O–H groups in total. The lowest BCUT2D eigenvalue weighted by Gasteiger charge is -2.48. The number of hydrazine groups is 1. The van der Waals surface area contributed by atoms with Crippen molar-refractivity contribution in [3.63, 3.8) is 0 Å². The maximum atomic E-state index is 6.11. The molecule has 2 saturated heterocycles. The standard InChI is InChI=1S/C14H18N2O/c1-2-6-13-11(4-1)7-9-16-14(13)17-10-12-5-3-8-15(12)16/h1-2,4,6,12,14H,3,5,7-10H2/t12-,14+/m0/s1. The van der Waals surface area contributed by atoms with Crippen LogP contribution in [-0.2, 0) is 11.2 Å². The molecule has 90 valence electrons. The topological polar surface area (TPSA) is 15.7 Å². The molecule has 1 aromatic carbocycles. The molecule has 2 atom stereocenters. The molecule has 3 heteroatoms. The van der Waals surface area contributed by atoms with Crippen LogP contribution >= 0.6 is 0 Å². The first kappa shape index (κ1) is 10.1. The van der Waals surface area contributed by atoms with Crippen LogP contribution in [0.5, 0.6) is 0 Å². The fourth-order valence-corrected chi connectivity index (χ4v) is 3.48. The Labute approximate surface area is 102 Å². The second-order valence-electron chi connectivity index (χ2n) is 5.26. The van der Waals surface area contributed by atoms with Gasteiger partial charge in [-0.05, 0) is 24.8 Å². The smallest absolute Gasteiger partial charge is 0.149 e. The summed E-state index contributed by atoms with van der Waals surface area (Å²) in [7, 11) is 0. The lowest BCUT2D eigenvalue weighted by atomic mass is 9.98. The molecule has 3 aliphatic rings. The minimum absolute atomic E-state index is 0.175. The Morgan fingerprint density at radius 1 is 1.12 bits per heavy atom. The van der Waals surface area contributed by atoms with Gasteiger partial charge in [-0.3, -0.25) is 0 Å². The third kappa shape index (κ3) is 1.46. The fourth-order valence-electron chi connectivity index (χ4n) is 3.48. The Kier molecular flexibility index (Phi) is 2.25. The van der Waals surface area contributed by atoms with E-state index in [1.807, 2.05) is 0 Å². The quantitative estimate of drug-likeness (QED) is 0.677. The van der Waals surface area contributed by atoms with E-state index >= 15 is 0 Å². The second kappa shape index (κ2) is 3.80. The number of hydrogen-bond donors (Lipinski definition) is 0. The molecule has 0 aliphatic carbocycles. The lowest BCUT2D eigenvalue weighted by Crippen LogP contribution is -2.56. The summed E-state index contributed by atoms with van der Waals surface area (Å²) < 4.78 is 6.11. The van der Waals surface area contributed by atoms with Crippen LogP contribution in [0.1, 0.15) is 30.2 Å². The molecule has 1 aromatic rings. The van der Waals surface area contributed by atoms with Crippen LogP contribution in [-0.4, -0.2) is 35.8 Å². The van der Waals surface area contributed by atoms with E-state index in [1.54, 1.807) is 0 Å². The molecule has 3 aliphatic heterocycles. The first-order chi connectivity index (χ1) is 8.43. The van der Waals surface area contributed by atoms with E-state index in [0.29, 0.717) is 6.04 Å². The summed E-state index contributed by atoms with van der Waals surface area (Å²) in [4.78, 5) is 0. The Balaban J connectivity index is 1.71. The Morgan fingerprint density at radius 2 is 2.06 bits per heavy atom. The second-order valence-corrected chi connectivity index (χ2v) is 5.26. The van der Waals surface area contributed by atoms with Crippen LogP contribution in [0.4, 0.5) is 0 Å². The van der Waals surface area contributed by atoms with E-state index in [2.05, 4.69) is 34.3 Å². The predicted molar refractivity (Wildman–Crippen MR) is 65.3 cm³/mol. The molecule has 0 amide bonds. The highest BCUT2D eigenvalue weighted by molar-refractivity contribution is 5.31. The summed E-state index contributed by atoms with van der Waals surface area (Å²) in [6.45, 7) is 3.22. The molecule has 0 unspecified atom stereocenters. The van der Waals surface area contributed by atoms with E-state index in [9.17, 15) is 0 Å². The SMILES string of the molecule is c1ccc2c(c1)CCN1[C@@H]2OC[C@@H]2CCCN21. The predicted octanol–water partition coefficient (Wildman–Crippen LogP) is 1.95. The first-order valence-corrected chi connectivity index (χ1v) is 6.66. The van der Waals surface area contributed by atoms with Gasteiger partial charge >= 0.3 is 0 Å². The normalized spacial score (nSPS) is 32.9. The van der Waals surface area contributed by atoms with Gasteiger partial charge in [-0.2, -0.15) is 0 Å². The molecule has 0 spiro atoms. The summed E-state index contributed by atoms with van der Waals surface area (Å²) >= 11 is 0. The highest BCUT2D eigenvalue weighted by Crippen LogP contribution is 2.38. The maximum absolute atomic E-state index is 6.11. The van der Waals surface area contributed by atoms with E-state index < -0.39 is 0 Å². The number of benzene rings is 1. The van der Waals surface area contributed by atoms with Crippen molar-refractivity contribution in [1.82, 2.24) is 10.0 Å². The van der Waals surface area contributed by atoms with Crippen molar-refractivity contribution in [1.29, 1.82) is 0 Å². The van der Waals surface area contributed by atoms with E-state index in [1.165, 1.54) is 30.5 Å². The molecule has 3 heterocycles. The van der Waals surface area contributed by atoms with Gasteiger partial charge in [0.15, 0.2) is 0 Å². The van der Waals surface area contributed by atoms with Crippen molar-refractivity contribution in [3.05, 3.63) is 35.4 Å². The van der Waals surface area contributed by atoms with Gasteiger partial charge in [0.1, 0.15) is 6.23 Å². The molecule has 2 fully saturated rings. The number of ether oxygens (including phenoxy) is 1. The van der Waals surface area contributed by atoms with Gasteiger partial charge in [0.05, 0.1) is 6.61 Å². The number of hydrogen-bond acceptors (Lipinski definition) is 3. The van der Waals surface area contributed by atoms with Crippen LogP contribution in [0.25, 0.3) is 0 Å². The highest BCUT2D eigenvalue weighted by atomic mass is 16.5. The van der Waals surface area contributed by atoms with Gasteiger partial charge in [0.25, 0.3) is 0 Å². The fraction of sp³-hybridized carbons (Fsp3) is 0.571. The molecule has 0 radical (unpaired) electrons. The number of nitrogens with zero attached hydrogens (tertiary/aromatic N) is 2. The van der Waals surface area contributed by atoms with Crippen LogP contribution in [0.2, 0.25) is 0 Å². The molecule has 3 nitrogen and oxygen atoms in total. The monoisotopic (exact) mass is 230 g/mol. The molecular formula is C14H18N2O. The van der Waals surface area contributed by atoms with Crippen molar-refractivity contribution in [2.24, 2.45) is 0 Å². The molecule has 4 rings (SSSR count). The van der Waals surface area contributed by atoms with Gasteiger partial charge in [-0.1, -0.05) is 24.3 Å². The molecular weight excluding hydrogens is 212 g/mol. The zero-order valence-electron chi connectivity index (χ0n) is 10.0. The van der Waals surface area contributed by atoms with Crippen molar-refractivity contribution >= 4 is 0 Å². The number of fused-ring (bicyclic) bond motifs is 5. The van der Waals surface area contributed by atoms with Crippen molar-refractivity contribution in [2.75, 3.05) is 19.7 Å². The Hall–Kier alpha value is -0.900. The third-order valence-corrected chi connectivity index (χ3v) is 4.32. The van der Waals surface area contributed by atoms with Crippen molar-refractivity contribution in [2.45, 2.75) is 31.5 Å². The molecule has 0 saturated carbocycles. The van der Waals surface area contributed by atoms with Crippen LogP contribution in [0, 0.1) is 0 Å². The molecule has 0 bridgehead atoms. The minimum atomic E-state index is 0.175. The lowest BCUT2D eigenvalue weighted by molar-refractivity contribution is -0.235. The third-order valence-electron chi connectivity index (χ3n) is 4.32. The Morgan fingerprint density at radius 3 is 3.06 bits per heavy atom.